The van der Waals surface area contributed by atoms with Crippen molar-refractivity contribution in [2.45, 2.75) is 58.3 Å². The smallest absolute Gasteiger partial charge is 0.222 e. The van der Waals surface area contributed by atoms with E-state index in [4.69, 9.17) is 0 Å². The van der Waals surface area contributed by atoms with Crippen molar-refractivity contribution in [2.75, 3.05) is 13.1 Å². The van der Waals surface area contributed by atoms with Gasteiger partial charge in [-0.3, -0.25) is 4.79 Å². The van der Waals surface area contributed by atoms with E-state index in [1.54, 1.807) is 6.07 Å². The Hall–Kier alpha value is -1.51. The lowest BCUT2D eigenvalue weighted by molar-refractivity contribution is -0.134. The molecule has 1 amide bonds. The fourth-order valence-corrected chi connectivity index (χ4v) is 3.44. The largest absolute Gasteiger partial charge is 0.508 e. The molecule has 122 valence electrons. The molecule has 0 spiro atoms. The average molecular weight is 303 g/mol. The van der Waals surface area contributed by atoms with E-state index < -0.39 is 0 Å². The van der Waals surface area contributed by atoms with Crippen molar-refractivity contribution >= 4 is 5.91 Å². The van der Waals surface area contributed by atoms with Crippen molar-refractivity contribution in [1.29, 1.82) is 0 Å². The molecule has 1 fully saturated rings. The maximum absolute atomic E-state index is 12.3. The second-order valence-electron chi connectivity index (χ2n) is 6.92. The monoisotopic (exact) mass is 303 g/mol. The molecular weight excluding hydrogens is 274 g/mol. The normalized spacial score (nSPS) is 25.2. The quantitative estimate of drug-likeness (QED) is 0.832. The predicted octanol–water partition coefficient (Wildman–Crippen LogP) is 4.10. The van der Waals surface area contributed by atoms with Gasteiger partial charge in [0.05, 0.1) is 0 Å². The van der Waals surface area contributed by atoms with Crippen LogP contribution in [0.3, 0.4) is 0 Å². The fourth-order valence-electron chi connectivity index (χ4n) is 3.44. The molecule has 1 saturated heterocycles. The summed E-state index contributed by atoms with van der Waals surface area (Å²) in [5, 5.41) is 9.74. The Bertz CT molecular complexity index is 514. The van der Waals surface area contributed by atoms with Crippen LogP contribution in [-0.2, 0) is 10.2 Å². The minimum Gasteiger partial charge on any atom is -0.508 e. The molecule has 1 aliphatic rings. The molecule has 22 heavy (non-hydrogen) atoms. The first-order valence-corrected chi connectivity index (χ1v) is 8.54. The van der Waals surface area contributed by atoms with Crippen LogP contribution >= 0.6 is 0 Å². The highest BCUT2D eigenvalue weighted by molar-refractivity contribution is 5.76. The van der Waals surface area contributed by atoms with Gasteiger partial charge >= 0.3 is 0 Å². The number of likely N-dealkylation sites (tertiary alicyclic amines) is 1. The van der Waals surface area contributed by atoms with Crippen LogP contribution in [0.4, 0.5) is 0 Å². The molecule has 0 bridgehead atoms. The van der Waals surface area contributed by atoms with E-state index in [2.05, 4.69) is 26.8 Å². The van der Waals surface area contributed by atoms with Gasteiger partial charge in [0, 0.05) is 19.5 Å². The van der Waals surface area contributed by atoms with E-state index in [9.17, 15) is 9.90 Å². The van der Waals surface area contributed by atoms with Crippen molar-refractivity contribution in [3.05, 3.63) is 29.8 Å². The number of aromatic hydroxyl groups is 1. The highest BCUT2D eigenvalue weighted by atomic mass is 16.3. The van der Waals surface area contributed by atoms with Crippen LogP contribution in [0, 0.1) is 5.92 Å². The van der Waals surface area contributed by atoms with E-state index >= 15 is 0 Å². The van der Waals surface area contributed by atoms with Gasteiger partial charge in [0.25, 0.3) is 0 Å². The Morgan fingerprint density at radius 1 is 1.41 bits per heavy atom. The number of hydrogen-bond donors (Lipinski definition) is 1. The first-order chi connectivity index (χ1) is 10.5. The van der Waals surface area contributed by atoms with Gasteiger partial charge in [0.15, 0.2) is 0 Å². The number of carbonyl (C=O) groups is 1. The number of nitrogens with zero attached hydrogens (tertiary/aromatic N) is 1. The average Bonchev–Trinajstić information content (AvgIpc) is 2.50. The molecule has 1 aromatic rings. The van der Waals surface area contributed by atoms with Gasteiger partial charge in [0.2, 0.25) is 5.91 Å². The van der Waals surface area contributed by atoms with Crippen LogP contribution in [0.25, 0.3) is 0 Å². The molecule has 1 aromatic carbocycles. The van der Waals surface area contributed by atoms with E-state index in [1.807, 2.05) is 17.0 Å². The second kappa shape index (κ2) is 7.17. The number of carbonyl (C=O) groups excluding carboxylic acids is 1. The van der Waals surface area contributed by atoms with Crippen LogP contribution in [0.15, 0.2) is 24.3 Å². The first-order valence-electron chi connectivity index (χ1n) is 8.54. The van der Waals surface area contributed by atoms with Crippen LogP contribution < -0.4 is 0 Å². The summed E-state index contributed by atoms with van der Waals surface area (Å²) in [5.74, 6) is 1.01. The summed E-state index contributed by atoms with van der Waals surface area (Å²) in [6, 6.07) is 7.58. The summed E-state index contributed by atoms with van der Waals surface area (Å²) in [6.45, 7) is 8.27. The molecule has 1 heterocycles. The lowest BCUT2D eigenvalue weighted by atomic mass is 9.68. The molecule has 0 unspecified atom stereocenters. The van der Waals surface area contributed by atoms with E-state index in [0.717, 1.165) is 38.8 Å². The number of benzene rings is 1. The van der Waals surface area contributed by atoms with Gasteiger partial charge in [-0.2, -0.15) is 0 Å². The summed E-state index contributed by atoms with van der Waals surface area (Å²) >= 11 is 0. The second-order valence-corrected chi connectivity index (χ2v) is 6.92. The van der Waals surface area contributed by atoms with Gasteiger partial charge < -0.3 is 10.0 Å². The third-order valence-corrected chi connectivity index (χ3v) is 5.34. The number of amides is 1. The summed E-state index contributed by atoms with van der Waals surface area (Å²) in [4.78, 5) is 14.3. The first kappa shape index (κ1) is 16.9. The van der Waals surface area contributed by atoms with Crippen LogP contribution in [0.5, 0.6) is 5.75 Å². The van der Waals surface area contributed by atoms with Crippen LogP contribution in [0.2, 0.25) is 0 Å². The Kier molecular flexibility index (Phi) is 5.49. The molecular formula is C19H29NO2. The van der Waals surface area contributed by atoms with Crippen molar-refractivity contribution in [2.24, 2.45) is 5.92 Å². The van der Waals surface area contributed by atoms with Gasteiger partial charge in [-0.1, -0.05) is 45.7 Å². The molecule has 0 aliphatic carbocycles. The Morgan fingerprint density at radius 2 is 2.18 bits per heavy atom. The van der Waals surface area contributed by atoms with Crippen molar-refractivity contribution < 1.29 is 9.90 Å². The number of hydrogen-bond acceptors (Lipinski definition) is 2. The summed E-state index contributed by atoms with van der Waals surface area (Å²) < 4.78 is 0. The standard InChI is InChI=1S/C19H29NO2/c1-4-5-6-10-18(22)20-12-11-19(3,15(2)14-20)16-8-7-9-17(21)13-16/h7-9,13,15,21H,4-6,10-12,14H2,1-3H3/t15-,19-/m0/s1. The summed E-state index contributed by atoms with van der Waals surface area (Å²) in [6.07, 6.45) is 4.93. The topological polar surface area (TPSA) is 40.5 Å². The van der Waals surface area contributed by atoms with E-state index in [1.165, 1.54) is 5.56 Å². The molecule has 3 heteroatoms. The minimum absolute atomic E-state index is 0.0267. The summed E-state index contributed by atoms with van der Waals surface area (Å²) in [5.41, 5.74) is 1.21. The summed E-state index contributed by atoms with van der Waals surface area (Å²) in [7, 11) is 0. The maximum Gasteiger partial charge on any atom is 0.222 e. The third-order valence-electron chi connectivity index (χ3n) is 5.34. The number of piperidine rings is 1. The lowest BCUT2D eigenvalue weighted by Crippen LogP contribution is -2.49. The zero-order valence-corrected chi connectivity index (χ0v) is 14.1. The molecule has 0 aromatic heterocycles. The highest BCUT2D eigenvalue weighted by Gasteiger charge is 2.39. The molecule has 0 radical (unpaired) electrons. The van der Waals surface area contributed by atoms with Crippen molar-refractivity contribution in [3.8, 4) is 5.75 Å². The fraction of sp³-hybridized carbons (Fsp3) is 0.632. The van der Waals surface area contributed by atoms with Gasteiger partial charge in [0.1, 0.15) is 5.75 Å². The minimum atomic E-state index is 0.0267. The Balaban J connectivity index is 2.01. The van der Waals surface area contributed by atoms with E-state index in [-0.39, 0.29) is 5.41 Å². The lowest BCUT2D eigenvalue weighted by Gasteiger charge is -2.45. The number of phenolic OH excluding ortho intramolecular Hbond substituents is 1. The Labute approximate surface area is 134 Å². The third kappa shape index (κ3) is 3.63. The SMILES string of the molecule is CCCCCC(=O)N1CC[C@](C)(c2cccc(O)c2)[C@@H](C)C1. The molecule has 2 rings (SSSR count). The van der Waals surface area contributed by atoms with Crippen molar-refractivity contribution in [1.82, 2.24) is 4.90 Å². The van der Waals surface area contributed by atoms with Gasteiger partial charge in [-0.25, -0.2) is 0 Å². The highest BCUT2D eigenvalue weighted by Crippen LogP contribution is 2.40. The molecule has 0 saturated carbocycles. The van der Waals surface area contributed by atoms with Crippen LogP contribution in [-0.4, -0.2) is 29.0 Å². The van der Waals surface area contributed by atoms with Crippen molar-refractivity contribution in [3.63, 3.8) is 0 Å². The van der Waals surface area contributed by atoms with E-state index in [0.29, 0.717) is 24.0 Å². The van der Waals surface area contributed by atoms with Gasteiger partial charge in [-0.05, 0) is 41.9 Å². The van der Waals surface area contributed by atoms with Crippen LogP contribution in [0.1, 0.15) is 58.4 Å². The molecule has 1 N–H and O–H groups in total. The Morgan fingerprint density at radius 3 is 2.82 bits per heavy atom. The molecule has 2 atom stereocenters. The number of rotatable bonds is 5. The number of phenols is 1. The zero-order chi connectivity index (χ0) is 16.2. The molecule has 3 nitrogen and oxygen atoms in total. The van der Waals surface area contributed by atoms with Gasteiger partial charge in [-0.15, -0.1) is 0 Å². The zero-order valence-electron chi connectivity index (χ0n) is 14.1. The predicted molar refractivity (Wildman–Crippen MR) is 90.0 cm³/mol. The maximum atomic E-state index is 12.3. The number of unbranched alkanes of at least 4 members (excludes halogenated alkanes) is 2. The molecule has 1 aliphatic heterocycles.